The SMILES string of the molecule is CN=C(NCCCc1ccc(O)cc1)N1CCN(c2cccs2)CC1. The van der Waals surface area contributed by atoms with Gasteiger partial charge in [-0.05, 0) is 48.1 Å². The molecule has 1 aliphatic heterocycles. The van der Waals surface area contributed by atoms with Crippen molar-refractivity contribution in [3.63, 3.8) is 0 Å². The lowest BCUT2D eigenvalue weighted by atomic mass is 10.1. The fourth-order valence-electron chi connectivity index (χ4n) is 3.08. The molecule has 5 nitrogen and oxygen atoms in total. The molecule has 0 atom stereocenters. The Balaban J connectivity index is 1.40. The number of phenols is 1. The summed E-state index contributed by atoms with van der Waals surface area (Å²) in [6, 6.07) is 11.8. The number of benzene rings is 1. The molecule has 2 N–H and O–H groups in total. The van der Waals surface area contributed by atoms with Gasteiger partial charge in [0.1, 0.15) is 5.75 Å². The number of thiophene rings is 1. The predicted molar refractivity (Wildman–Crippen MR) is 106 cm³/mol. The first-order valence-electron chi connectivity index (χ1n) is 8.78. The second-order valence-corrected chi connectivity index (χ2v) is 7.10. The summed E-state index contributed by atoms with van der Waals surface area (Å²) >= 11 is 1.81. The highest BCUT2D eigenvalue weighted by Gasteiger charge is 2.19. The number of nitrogens with zero attached hydrogens (tertiary/aromatic N) is 3. The zero-order chi connectivity index (χ0) is 17.5. The number of aliphatic imine (C=N–C) groups is 1. The second kappa shape index (κ2) is 8.76. The van der Waals surface area contributed by atoms with Crippen LogP contribution in [0.25, 0.3) is 0 Å². The van der Waals surface area contributed by atoms with Crippen molar-refractivity contribution in [3.8, 4) is 5.75 Å². The smallest absolute Gasteiger partial charge is 0.193 e. The Bertz CT molecular complexity index is 661. The number of phenolic OH excluding ortho intramolecular Hbond substituents is 1. The van der Waals surface area contributed by atoms with Crippen LogP contribution in [0, 0.1) is 0 Å². The standard InChI is InChI=1S/C19H26N4OS/c1-20-19(21-10-2-4-16-6-8-17(24)9-7-16)23-13-11-22(12-14-23)18-5-3-15-25-18/h3,5-9,15,24H,2,4,10-14H2,1H3,(H,20,21). The van der Waals surface area contributed by atoms with Crippen molar-refractivity contribution < 1.29 is 5.11 Å². The molecule has 3 rings (SSSR count). The Morgan fingerprint density at radius 1 is 1.16 bits per heavy atom. The molecule has 0 saturated carbocycles. The van der Waals surface area contributed by atoms with Crippen molar-refractivity contribution in [2.75, 3.05) is 44.7 Å². The van der Waals surface area contributed by atoms with Gasteiger partial charge >= 0.3 is 0 Å². The molecule has 1 saturated heterocycles. The fourth-order valence-corrected chi connectivity index (χ4v) is 3.86. The van der Waals surface area contributed by atoms with Crippen molar-refractivity contribution in [1.29, 1.82) is 0 Å². The quantitative estimate of drug-likeness (QED) is 0.490. The zero-order valence-corrected chi connectivity index (χ0v) is 15.5. The summed E-state index contributed by atoms with van der Waals surface area (Å²) in [5.41, 5.74) is 1.25. The Kier molecular flexibility index (Phi) is 6.17. The van der Waals surface area contributed by atoms with Crippen LogP contribution in [0.3, 0.4) is 0 Å². The molecule has 1 aromatic heterocycles. The number of hydrogen-bond acceptors (Lipinski definition) is 4. The number of hydrogen-bond donors (Lipinski definition) is 2. The first-order valence-corrected chi connectivity index (χ1v) is 9.66. The predicted octanol–water partition coefficient (Wildman–Crippen LogP) is 2.78. The fraction of sp³-hybridized carbons (Fsp3) is 0.421. The van der Waals surface area contributed by atoms with E-state index in [2.05, 4.69) is 37.6 Å². The van der Waals surface area contributed by atoms with Gasteiger partial charge in [0.05, 0.1) is 5.00 Å². The topological polar surface area (TPSA) is 51.1 Å². The number of nitrogens with one attached hydrogen (secondary N) is 1. The van der Waals surface area contributed by atoms with E-state index in [0.717, 1.165) is 51.5 Å². The van der Waals surface area contributed by atoms with Crippen LogP contribution in [0.5, 0.6) is 5.75 Å². The minimum Gasteiger partial charge on any atom is -0.508 e. The summed E-state index contributed by atoms with van der Waals surface area (Å²) in [6.07, 6.45) is 2.04. The summed E-state index contributed by atoms with van der Waals surface area (Å²) in [5.74, 6) is 1.32. The molecule has 1 aromatic carbocycles. The molecular weight excluding hydrogens is 332 g/mol. The van der Waals surface area contributed by atoms with Crippen LogP contribution >= 0.6 is 11.3 Å². The van der Waals surface area contributed by atoms with Gasteiger partial charge in [-0.25, -0.2) is 0 Å². The second-order valence-electron chi connectivity index (χ2n) is 6.17. The van der Waals surface area contributed by atoms with Gasteiger partial charge < -0.3 is 20.2 Å². The lowest BCUT2D eigenvalue weighted by molar-refractivity contribution is 0.373. The normalized spacial score (nSPS) is 15.5. The van der Waals surface area contributed by atoms with Crippen LogP contribution in [0.2, 0.25) is 0 Å². The van der Waals surface area contributed by atoms with E-state index in [1.165, 1.54) is 10.6 Å². The molecule has 25 heavy (non-hydrogen) atoms. The van der Waals surface area contributed by atoms with Crippen LogP contribution in [-0.2, 0) is 6.42 Å². The highest BCUT2D eigenvalue weighted by Crippen LogP contribution is 2.22. The lowest BCUT2D eigenvalue weighted by Crippen LogP contribution is -2.52. The van der Waals surface area contributed by atoms with Crippen LogP contribution < -0.4 is 10.2 Å². The zero-order valence-electron chi connectivity index (χ0n) is 14.7. The number of rotatable bonds is 5. The third-order valence-electron chi connectivity index (χ3n) is 4.47. The van der Waals surface area contributed by atoms with E-state index in [4.69, 9.17) is 0 Å². The van der Waals surface area contributed by atoms with Gasteiger partial charge in [0.2, 0.25) is 0 Å². The average Bonchev–Trinajstić information content (AvgIpc) is 3.18. The molecule has 0 bridgehead atoms. The van der Waals surface area contributed by atoms with Gasteiger partial charge in [0.25, 0.3) is 0 Å². The molecule has 1 fully saturated rings. The maximum absolute atomic E-state index is 9.32. The van der Waals surface area contributed by atoms with E-state index in [-0.39, 0.29) is 0 Å². The Labute approximate surface area is 153 Å². The molecule has 2 aromatic rings. The summed E-state index contributed by atoms with van der Waals surface area (Å²) in [6.45, 7) is 4.97. The molecule has 134 valence electrons. The summed E-state index contributed by atoms with van der Waals surface area (Å²) < 4.78 is 0. The highest BCUT2D eigenvalue weighted by atomic mass is 32.1. The first-order chi connectivity index (χ1) is 12.3. The van der Waals surface area contributed by atoms with E-state index in [1.807, 2.05) is 19.2 Å². The molecule has 1 aliphatic rings. The lowest BCUT2D eigenvalue weighted by Gasteiger charge is -2.37. The van der Waals surface area contributed by atoms with Crippen LogP contribution in [-0.4, -0.2) is 55.7 Å². The molecule has 6 heteroatoms. The maximum atomic E-state index is 9.32. The average molecular weight is 359 g/mol. The van der Waals surface area contributed by atoms with Crippen LogP contribution in [0.15, 0.2) is 46.8 Å². The van der Waals surface area contributed by atoms with E-state index in [9.17, 15) is 5.11 Å². The largest absolute Gasteiger partial charge is 0.508 e. The number of piperazine rings is 1. The third-order valence-corrected chi connectivity index (χ3v) is 5.40. The number of anilines is 1. The van der Waals surface area contributed by atoms with Crippen LogP contribution in [0.4, 0.5) is 5.00 Å². The van der Waals surface area contributed by atoms with Gasteiger partial charge in [-0.1, -0.05) is 12.1 Å². The molecule has 0 radical (unpaired) electrons. The van der Waals surface area contributed by atoms with Gasteiger partial charge in [0.15, 0.2) is 5.96 Å². The van der Waals surface area contributed by atoms with E-state index < -0.39 is 0 Å². The minimum absolute atomic E-state index is 0.323. The summed E-state index contributed by atoms with van der Waals surface area (Å²) in [5, 5.41) is 16.3. The molecule has 0 aliphatic carbocycles. The van der Waals surface area contributed by atoms with Gasteiger partial charge in [-0.3, -0.25) is 4.99 Å². The van der Waals surface area contributed by atoms with Gasteiger partial charge in [-0.2, -0.15) is 0 Å². The van der Waals surface area contributed by atoms with E-state index in [1.54, 1.807) is 23.5 Å². The molecule has 2 heterocycles. The number of aryl methyl sites for hydroxylation is 1. The number of guanidine groups is 1. The van der Waals surface area contributed by atoms with Crippen molar-refractivity contribution in [1.82, 2.24) is 10.2 Å². The van der Waals surface area contributed by atoms with Crippen molar-refractivity contribution in [3.05, 3.63) is 47.3 Å². The summed E-state index contributed by atoms with van der Waals surface area (Å²) in [7, 11) is 1.86. The van der Waals surface area contributed by atoms with Crippen molar-refractivity contribution in [2.24, 2.45) is 4.99 Å². The monoisotopic (exact) mass is 358 g/mol. The Morgan fingerprint density at radius 2 is 1.92 bits per heavy atom. The Morgan fingerprint density at radius 3 is 2.56 bits per heavy atom. The molecule has 0 spiro atoms. The van der Waals surface area contributed by atoms with Crippen molar-refractivity contribution >= 4 is 22.3 Å². The van der Waals surface area contributed by atoms with Gasteiger partial charge in [0, 0.05) is 39.8 Å². The molecule has 0 unspecified atom stereocenters. The summed E-state index contributed by atoms with van der Waals surface area (Å²) in [4.78, 5) is 9.22. The third kappa shape index (κ3) is 4.89. The first kappa shape index (κ1) is 17.6. The Hall–Kier alpha value is -2.21. The maximum Gasteiger partial charge on any atom is 0.193 e. The van der Waals surface area contributed by atoms with Crippen molar-refractivity contribution in [2.45, 2.75) is 12.8 Å². The minimum atomic E-state index is 0.323. The van der Waals surface area contributed by atoms with E-state index in [0.29, 0.717) is 5.75 Å². The highest BCUT2D eigenvalue weighted by molar-refractivity contribution is 7.14. The van der Waals surface area contributed by atoms with Crippen LogP contribution in [0.1, 0.15) is 12.0 Å². The molecule has 0 amide bonds. The number of aromatic hydroxyl groups is 1. The van der Waals surface area contributed by atoms with E-state index >= 15 is 0 Å². The van der Waals surface area contributed by atoms with Gasteiger partial charge in [-0.15, -0.1) is 11.3 Å². The molecular formula is C19H26N4OS.